The molecule has 0 N–H and O–H groups in total. The molecule has 0 saturated heterocycles. The van der Waals surface area contributed by atoms with Crippen LogP contribution in [0.2, 0.25) is 0 Å². The van der Waals surface area contributed by atoms with Gasteiger partial charge in [-0.15, -0.1) is 16.4 Å². The summed E-state index contributed by atoms with van der Waals surface area (Å²) in [6, 6.07) is 18.5. The number of nitrogens with zero attached hydrogens (tertiary/aromatic N) is 5. The zero-order valence-corrected chi connectivity index (χ0v) is 18.0. The van der Waals surface area contributed by atoms with E-state index >= 15 is 0 Å². The zero-order chi connectivity index (χ0) is 20.8. The number of benzene rings is 2. The van der Waals surface area contributed by atoms with Gasteiger partial charge in [-0.25, -0.2) is 14.5 Å². The summed E-state index contributed by atoms with van der Waals surface area (Å²) < 4.78 is 7.07. The highest BCUT2D eigenvalue weighted by atomic mass is 32.1. The van der Waals surface area contributed by atoms with Gasteiger partial charge in [0.1, 0.15) is 16.9 Å². The summed E-state index contributed by atoms with van der Waals surface area (Å²) in [6.45, 7) is 2.97. The minimum Gasteiger partial charge on any atom is -0.497 e. The molecule has 0 radical (unpaired) electrons. The molecule has 0 atom stereocenters. The third kappa shape index (κ3) is 3.26. The molecule has 0 saturated carbocycles. The second-order valence-corrected chi connectivity index (χ2v) is 8.89. The summed E-state index contributed by atoms with van der Waals surface area (Å²) in [5.41, 5.74) is 4.60. The van der Waals surface area contributed by atoms with Crippen molar-refractivity contribution >= 4 is 27.2 Å². The fraction of sp³-hybridized carbons (Fsp3) is 0.208. The quantitative estimate of drug-likeness (QED) is 0.420. The average Bonchev–Trinajstić information content (AvgIpc) is 3.40. The maximum atomic E-state index is 5.26. The second-order valence-electron chi connectivity index (χ2n) is 7.81. The van der Waals surface area contributed by atoms with Crippen LogP contribution in [-0.2, 0) is 19.5 Å². The third-order valence-electron chi connectivity index (χ3n) is 5.85. The number of methoxy groups -OCH3 is 1. The van der Waals surface area contributed by atoms with Gasteiger partial charge in [0, 0.05) is 30.1 Å². The van der Waals surface area contributed by atoms with Crippen molar-refractivity contribution in [1.82, 2.24) is 24.5 Å². The smallest absolute Gasteiger partial charge is 0.182 e. The van der Waals surface area contributed by atoms with Crippen LogP contribution in [0.15, 0.2) is 60.9 Å². The number of aromatic nitrogens is 4. The number of rotatable bonds is 4. The second kappa shape index (κ2) is 7.44. The molecule has 1 aliphatic heterocycles. The summed E-state index contributed by atoms with van der Waals surface area (Å²) in [5, 5.41) is 5.85. The first-order chi connectivity index (χ1) is 15.3. The van der Waals surface area contributed by atoms with Crippen LogP contribution in [0.25, 0.3) is 27.3 Å². The van der Waals surface area contributed by atoms with Crippen molar-refractivity contribution in [2.24, 2.45) is 0 Å². The van der Waals surface area contributed by atoms with E-state index in [1.54, 1.807) is 24.8 Å². The first-order valence-electron chi connectivity index (χ1n) is 10.3. The van der Waals surface area contributed by atoms with Gasteiger partial charge in [0.05, 0.1) is 12.5 Å². The molecular weight excluding hydrogens is 406 g/mol. The van der Waals surface area contributed by atoms with Crippen LogP contribution in [0.4, 0.5) is 0 Å². The van der Waals surface area contributed by atoms with Gasteiger partial charge in [-0.2, -0.15) is 0 Å². The van der Waals surface area contributed by atoms with E-state index in [0.29, 0.717) is 5.82 Å². The Hall–Kier alpha value is -3.29. The van der Waals surface area contributed by atoms with E-state index in [0.717, 1.165) is 53.2 Å². The monoisotopic (exact) mass is 427 g/mol. The Morgan fingerprint density at radius 1 is 1.06 bits per heavy atom. The lowest BCUT2D eigenvalue weighted by molar-refractivity contribution is 0.249. The van der Waals surface area contributed by atoms with E-state index in [-0.39, 0.29) is 0 Å². The number of ether oxygens (including phenoxy) is 1. The SMILES string of the molecule is COc1ccc(-c2nc3c4c5c(sc4ncn3n2)CN(Cc2ccccc2)CC5)cc1. The fourth-order valence-corrected chi connectivity index (χ4v) is 5.51. The summed E-state index contributed by atoms with van der Waals surface area (Å²) in [5.74, 6) is 1.53. The highest BCUT2D eigenvalue weighted by Gasteiger charge is 2.24. The minimum absolute atomic E-state index is 0.707. The molecule has 5 aromatic rings. The van der Waals surface area contributed by atoms with Gasteiger partial charge in [0.15, 0.2) is 11.5 Å². The van der Waals surface area contributed by atoms with Crippen LogP contribution in [0.1, 0.15) is 16.0 Å². The highest BCUT2D eigenvalue weighted by Crippen LogP contribution is 2.36. The summed E-state index contributed by atoms with van der Waals surface area (Å²) >= 11 is 1.79. The third-order valence-corrected chi connectivity index (χ3v) is 6.98. The minimum atomic E-state index is 0.707. The maximum absolute atomic E-state index is 5.26. The lowest BCUT2D eigenvalue weighted by Gasteiger charge is -2.26. The Morgan fingerprint density at radius 2 is 1.90 bits per heavy atom. The molecule has 0 aliphatic carbocycles. The van der Waals surface area contributed by atoms with E-state index < -0.39 is 0 Å². The topological polar surface area (TPSA) is 55.6 Å². The van der Waals surface area contributed by atoms with Crippen molar-refractivity contribution in [3.63, 3.8) is 0 Å². The van der Waals surface area contributed by atoms with Gasteiger partial charge in [0.2, 0.25) is 0 Å². The molecule has 0 bridgehead atoms. The molecule has 0 spiro atoms. The molecule has 1 aliphatic rings. The first-order valence-corrected chi connectivity index (χ1v) is 11.2. The Morgan fingerprint density at radius 3 is 2.71 bits per heavy atom. The van der Waals surface area contributed by atoms with Crippen molar-refractivity contribution in [3.8, 4) is 17.1 Å². The van der Waals surface area contributed by atoms with E-state index in [4.69, 9.17) is 14.7 Å². The molecule has 6 nitrogen and oxygen atoms in total. The highest BCUT2D eigenvalue weighted by molar-refractivity contribution is 7.19. The van der Waals surface area contributed by atoms with Crippen molar-refractivity contribution in [2.75, 3.05) is 13.7 Å². The van der Waals surface area contributed by atoms with Gasteiger partial charge in [-0.1, -0.05) is 30.3 Å². The number of hydrogen-bond acceptors (Lipinski definition) is 6. The molecule has 4 heterocycles. The number of thiophene rings is 1. The van der Waals surface area contributed by atoms with Crippen molar-refractivity contribution in [1.29, 1.82) is 0 Å². The standard InChI is InChI=1S/C24H21N5OS/c1-30-18-9-7-17(8-10-18)22-26-23-21-19-11-12-28(13-16-5-3-2-4-6-16)14-20(19)31-24(21)25-15-29(23)27-22/h2-10,15H,11-14H2,1H3. The zero-order valence-electron chi connectivity index (χ0n) is 17.2. The van der Waals surface area contributed by atoms with E-state index in [2.05, 4.69) is 40.3 Å². The predicted octanol–water partition coefficient (Wildman–Crippen LogP) is 4.57. The Kier molecular flexibility index (Phi) is 4.44. The Bertz CT molecular complexity index is 1370. The molecule has 3 aromatic heterocycles. The molecule has 7 heteroatoms. The Balaban J connectivity index is 1.37. The molecule has 154 valence electrons. The van der Waals surface area contributed by atoms with E-state index in [9.17, 15) is 0 Å². The summed E-state index contributed by atoms with van der Waals surface area (Å²) in [4.78, 5) is 14.6. The average molecular weight is 428 g/mol. The molecule has 0 amide bonds. The summed E-state index contributed by atoms with van der Waals surface area (Å²) in [6.07, 6.45) is 2.79. The number of fused-ring (bicyclic) bond motifs is 5. The van der Waals surface area contributed by atoms with Crippen LogP contribution >= 0.6 is 11.3 Å². The Labute approximate surface area is 183 Å². The molecule has 6 rings (SSSR count). The number of hydrogen-bond donors (Lipinski definition) is 0. The van der Waals surface area contributed by atoms with E-state index in [1.807, 2.05) is 28.8 Å². The van der Waals surface area contributed by atoms with Crippen LogP contribution in [-0.4, -0.2) is 38.1 Å². The van der Waals surface area contributed by atoms with Crippen LogP contribution < -0.4 is 4.74 Å². The van der Waals surface area contributed by atoms with Gasteiger partial charge in [-0.3, -0.25) is 4.90 Å². The molecular formula is C24H21N5OS. The van der Waals surface area contributed by atoms with Gasteiger partial charge in [-0.05, 0) is 41.8 Å². The largest absolute Gasteiger partial charge is 0.497 e. The van der Waals surface area contributed by atoms with Crippen LogP contribution in [0, 0.1) is 0 Å². The van der Waals surface area contributed by atoms with Gasteiger partial charge >= 0.3 is 0 Å². The van der Waals surface area contributed by atoms with Gasteiger partial charge < -0.3 is 4.74 Å². The molecule has 0 unspecified atom stereocenters. The van der Waals surface area contributed by atoms with Crippen LogP contribution in [0.5, 0.6) is 5.75 Å². The molecule has 31 heavy (non-hydrogen) atoms. The predicted molar refractivity (Wildman–Crippen MR) is 122 cm³/mol. The van der Waals surface area contributed by atoms with Crippen molar-refractivity contribution < 1.29 is 4.74 Å². The molecule has 2 aromatic carbocycles. The fourth-order valence-electron chi connectivity index (χ4n) is 4.28. The van der Waals surface area contributed by atoms with Crippen molar-refractivity contribution in [2.45, 2.75) is 19.5 Å². The van der Waals surface area contributed by atoms with Gasteiger partial charge in [0.25, 0.3) is 0 Å². The van der Waals surface area contributed by atoms with Crippen molar-refractivity contribution in [3.05, 3.63) is 76.9 Å². The van der Waals surface area contributed by atoms with E-state index in [1.165, 1.54) is 16.0 Å². The molecule has 0 fully saturated rings. The lowest BCUT2D eigenvalue weighted by atomic mass is 10.0. The first kappa shape index (κ1) is 18.5. The summed E-state index contributed by atoms with van der Waals surface area (Å²) in [7, 11) is 1.67. The van der Waals surface area contributed by atoms with Crippen LogP contribution in [0.3, 0.4) is 0 Å². The normalized spacial score (nSPS) is 14.2. The lowest BCUT2D eigenvalue weighted by Crippen LogP contribution is -2.29. The maximum Gasteiger partial charge on any atom is 0.182 e.